The number of aryl methyl sites for hydroxylation is 1. The van der Waals surface area contributed by atoms with Gasteiger partial charge in [-0.1, -0.05) is 98.1 Å². The van der Waals surface area contributed by atoms with Crippen LogP contribution in [-0.2, 0) is 0 Å². The maximum absolute atomic E-state index is 6.09. The monoisotopic (exact) mass is 652 g/mol. The van der Waals surface area contributed by atoms with Crippen molar-refractivity contribution >= 4 is 28.4 Å². The number of hydrogen-bond acceptors (Lipinski definition) is 8. The summed E-state index contributed by atoms with van der Waals surface area (Å²) < 4.78 is 12.2. The highest BCUT2D eigenvalue weighted by Crippen LogP contribution is 2.30. The average Bonchev–Trinajstić information content (AvgIpc) is 3.86. The minimum atomic E-state index is 0.257. The van der Waals surface area contributed by atoms with Crippen molar-refractivity contribution < 1.29 is 8.83 Å². The van der Waals surface area contributed by atoms with Crippen molar-refractivity contribution in [2.24, 2.45) is 9.98 Å². The molecule has 0 spiro atoms. The number of allylic oxidation sites excluding steroid dienone is 7. The minimum Gasteiger partial charge on any atom is -0.415 e. The first kappa shape index (κ1) is 31.8. The highest BCUT2D eigenvalue weighted by molar-refractivity contribution is 6.16. The van der Waals surface area contributed by atoms with Gasteiger partial charge in [0, 0.05) is 11.1 Å². The molecule has 50 heavy (non-hydrogen) atoms. The zero-order chi connectivity index (χ0) is 34.5. The summed E-state index contributed by atoms with van der Waals surface area (Å²) in [5.74, 6) is 1.19. The van der Waals surface area contributed by atoms with Crippen LogP contribution in [0.4, 0.5) is 5.69 Å². The molecule has 7 rings (SSSR count). The van der Waals surface area contributed by atoms with Crippen molar-refractivity contribution in [2.75, 3.05) is 0 Å². The second kappa shape index (κ2) is 14.1. The molecule has 8 nitrogen and oxygen atoms in total. The number of nitrogens with zero attached hydrogens (tertiary/aromatic N) is 6. The summed E-state index contributed by atoms with van der Waals surface area (Å²) in [6, 6.07) is 34.0. The Morgan fingerprint density at radius 2 is 1.32 bits per heavy atom. The molecule has 0 fully saturated rings. The Morgan fingerprint density at radius 3 is 1.96 bits per heavy atom. The smallest absolute Gasteiger partial charge is 0.266 e. The molecule has 0 saturated carbocycles. The molecule has 6 aromatic rings. The van der Waals surface area contributed by atoms with Gasteiger partial charge in [-0.2, -0.15) is 0 Å². The molecule has 1 aliphatic rings. The Balaban J connectivity index is 1.09. The molecular formula is C42H32N6O2. The molecule has 1 aliphatic carbocycles. The molecule has 8 heteroatoms. The van der Waals surface area contributed by atoms with Crippen LogP contribution in [0.5, 0.6) is 0 Å². The lowest BCUT2D eigenvalue weighted by Crippen LogP contribution is -2.02. The topological polar surface area (TPSA) is 103 Å². The van der Waals surface area contributed by atoms with Crippen molar-refractivity contribution in [1.82, 2.24) is 20.4 Å². The summed E-state index contributed by atoms with van der Waals surface area (Å²) in [5.41, 5.74) is 10.1. The van der Waals surface area contributed by atoms with Crippen LogP contribution in [0.15, 0.2) is 171 Å². The lowest BCUT2D eigenvalue weighted by molar-refractivity contribution is 0.551. The van der Waals surface area contributed by atoms with E-state index >= 15 is 0 Å². The maximum atomic E-state index is 6.09. The summed E-state index contributed by atoms with van der Waals surface area (Å²) >= 11 is 0. The molecule has 0 atom stereocenters. The van der Waals surface area contributed by atoms with E-state index in [9.17, 15) is 0 Å². The predicted octanol–water partition coefficient (Wildman–Crippen LogP) is 10.1. The van der Waals surface area contributed by atoms with Crippen molar-refractivity contribution in [2.45, 2.75) is 13.8 Å². The first-order valence-corrected chi connectivity index (χ1v) is 16.0. The van der Waals surface area contributed by atoms with Gasteiger partial charge in [0.25, 0.3) is 11.8 Å². The van der Waals surface area contributed by atoms with Crippen LogP contribution in [0.25, 0.3) is 45.3 Å². The molecule has 0 saturated heterocycles. The van der Waals surface area contributed by atoms with Gasteiger partial charge in [0.2, 0.25) is 11.8 Å². The van der Waals surface area contributed by atoms with E-state index in [0.29, 0.717) is 45.9 Å². The number of benzene rings is 4. The van der Waals surface area contributed by atoms with Crippen LogP contribution < -0.4 is 0 Å². The van der Waals surface area contributed by atoms with Gasteiger partial charge in [-0.05, 0) is 95.8 Å². The molecule has 0 aliphatic heterocycles. The molecule has 0 amide bonds. The molecule has 0 N–H and O–H groups in total. The van der Waals surface area contributed by atoms with Crippen LogP contribution >= 0.6 is 0 Å². The number of hydrogen-bond donors (Lipinski definition) is 0. The molecule has 0 bridgehead atoms. The van der Waals surface area contributed by atoms with Crippen LogP contribution in [0, 0.1) is 6.92 Å². The summed E-state index contributed by atoms with van der Waals surface area (Å²) in [7, 11) is 0. The molecule has 2 heterocycles. The van der Waals surface area contributed by atoms with Gasteiger partial charge in [0.15, 0.2) is 0 Å². The van der Waals surface area contributed by atoms with Gasteiger partial charge >= 0.3 is 0 Å². The van der Waals surface area contributed by atoms with Gasteiger partial charge in [0.05, 0.1) is 11.4 Å². The maximum Gasteiger partial charge on any atom is 0.266 e. The summed E-state index contributed by atoms with van der Waals surface area (Å²) in [6.07, 6.45) is 9.42. The SMILES string of the molecule is C=C/C(=N\c1ccc(-c2ccccc2)cc1C)c1nnc(-c2cccc(-c3nnc(C(=C/C)/N=C4/C=CC(c5ccccc5)=CC4=C)o3)c2)o1. The molecular weight excluding hydrogens is 621 g/mol. The van der Waals surface area contributed by atoms with E-state index in [0.717, 1.165) is 39.1 Å². The Kier molecular flexibility index (Phi) is 8.98. The Hall–Kier alpha value is -6.80. The summed E-state index contributed by atoms with van der Waals surface area (Å²) in [6.45, 7) is 12.0. The third-order valence-electron chi connectivity index (χ3n) is 8.08. The third-order valence-corrected chi connectivity index (χ3v) is 8.08. The fraction of sp³-hybridized carbons (Fsp3) is 0.0476. The lowest BCUT2D eigenvalue weighted by atomic mass is 9.96. The molecule has 4 aromatic carbocycles. The zero-order valence-corrected chi connectivity index (χ0v) is 27.6. The standard InChI is InChI=1S/C42H32N6O2/c1-5-35(43-37-22-20-31(24-27(37)3)29-14-9-7-10-15-29)41-47-45-39(49-41)33-18-13-19-34(26-33)40-46-48-42(50-40)36(6-2)44-38-23-21-32(25-28(38)4)30-16-11-8-12-17-30/h5-26H,1,4H2,2-3H3/b36-6-,43-35+,44-38-. The van der Waals surface area contributed by atoms with Gasteiger partial charge < -0.3 is 8.83 Å². The number of rotatable bonds is 9. The van der Waals surface area contributed by atoms with E-state index in [2.05, 4.69) is 63.9 Å². The molecule has 0 unspecified atom stereocenters. The van der Waals surface area contributed by atoms with E-state index in [-0.39, 0.29) is 5.89 Å². The first-order chi connectivity index (χ1) is 24.5. The van der Waals surface area contributed by atoms with E-state index in [1.165, 1.54) is 0 Å². The van der Waals surface area contributed by atoms with Gasteiger partial charge in [-0.15, -0.1) is 20.4 Å². The Bertz CT molecular complexity index is 2370. The van der Waals surface area contributed by atoms with Gasteiger partial charge in [0.1, 0.15) is 11.4 Å². The summed E-state index contributed by atoms with van der Waals surface area (Å²) in [4.78, 5) is 9.57. The number of aliphatic imine (C=N–C) groups is 2. The average molecular weight is 653 g/mol. The first-order valence-electron chi connectivity index (χ1n) is 16.0. The Labute approximate surface area is 290 Å². The van der Waals surface area contributed by atoms with Crippen molar-refractivity contribution in [3.8, 4) is 34.0 Å². The largest absolute Gasteiger partial charge is 0.415 e. The van der Waals surface area contributed by atoms with Crippen molar-refractivity contribution in [1.29, 1.82) is 0 Å². The van der Waals surface area contributed by atoms with Crippen LogP contribution in [0.1, 0.15) is 29.8 Å². The van der Waals surface area contributed by atoms with E-state index in [4.69, 9.17) is 18.8 Å². The fourth-order valence-corrected chi connectivity index (χ4v) is 5.44. The lowest BCUT2D eigenvalue weighted by Gasteiger charge is -2.11. The minimum absolute atomic E-state index is 0.257. The quantitative estimate of drug-likeness (QED) is 0.144. The van der Waals surface area contributed by atoms with E-state index in [1.54, 1.807) is 6.08 Å². The molecule has 0 radical (unpaired) electrons. The van der Waals surface area contributed by atoms with Crippen LogP contribution in [0.2, 0.25) is 0 Å². The van der Waals surface area contributed by atoms with Crippen LogP contribution in [-0.4, -0.2) is 31.8 Å². The van der Waals surface area contributed by atoms with Crippen molar-refractivity contribution in [3.05, 3.63) is 175 Å². The van der Waals surface area contributed by atoms with Gasteiger partial charge in [-0.3, -0.25) is 0 Å². The number of aromatic nitrogens is 4. The van der Waals surface area contributed by atoms with E-state index in [1.807, 2.05) is 111 Å². The second-order valence-electron chi connectivity index (χ2n) is 11.5. The second-order valence-corrected chi connectivity index (χ2v) is 11.5. The van der Waals surface area contributed by atoms with Crippen molar-refractivity contribution in [3.63, 3.8) is 0 Å². The molecule has 2 aromatic heterocycles. The Morgan fingerprint density at radius 1 is 0.680 bits per heavy atom. The van der Waals surface area contributed by atoms with Crippen LogP contribution in [0.3, 0.4) is 0 Å². The normalized spacial score (nSPS) is 14.2. The zero-order valence-electron chi connectivity index (χ0n) is 27.6. The highest BCUT2D eigenvalue weighted by Gasteiger charge is 2.18. The summed E-state index contributed by atoms with van der Waals surface area (Å²) in [5, 5.41) is 17.2. The third kappa shape index (κ3) is 6.77. The highest BCUT2D eigenvalue weighted by atomic mass is 16.4. The van der Waals surface area contributed by atoms with E-state index < -0.39 is 0 Å². The molecule has 242 valence electrons. The van der Waals surface area contributed by atoms with Gasteiger partial charge in [-0.25, -0.2) is 9.98 Å². The fourth-order valence-electron chi connectivity index (χ4n) is 5.44. The predicted molar refractivity (Wildman–Crippen MR) is 200 cm³/mol.